The van der Waals surface area contributed by atoms with Gasteiger partial charge in [-0.3, -0.25) is 14.9 Å². The average Bonchev–Trinajstić information content (AvgIpc) is 3.34. The number of benzene rings is 2. The molecule has 4 rings (SSSR count). The molecule has 0 aliphatic carbocycles. The summed E-state index contributed by atoms with van der Waals surface area (Å²) in [5.74, 6) is 1.34. The zero-order valence-electron chi connectivity index (χ0n) is 18.1. The fraction of sp³-hybridized carbons (Fsp3) is 0.292. The summed E-state index contributed by atoms with van der Waals surface area (Å²) in [4.78, 5) is 32.1. The van der Waals surface area contributed by atoms with Gasteiger partial charge in [0.25, 0.3) is 0 Å². The summed E-state index contributed by atoms with van der Waals surface area (Å²) in [6, 6.07) is 13.0. The van der Waals surface area contributed by atoms with E-state index >= 15 is 0 Å². The molecule has 0 bridgehead atoms. The molecule has 0 spiro atoms. The molecule has 1 saturated heterocycles. The van der Waals surface area contributed by atoms with Crippen LogP contribution in [0.5, 0.6) is 0 Å². The van der Waals surface area contributed by atoms with Crippen LogP contribution in [0, 0.1) is 13.8 Å². The van der Waals surface area contributed by atoms with E-state index in [1.165, 1.54) is 6.39 Å². The van der Waals surface area contributed by atoms with E-state index in [4.69, 9.17) is 4.42 Å². The van der Waals surface area contributed by atoms with Gasteiger partial charge in [0.1, 0.15) is 18.5 Å². The Morgan fingerprint density at radius 2 is 1.94 bits per heavy atom. The average molecular weight is 451 g/mol. The molecule has 166 valence electrons. The predicted molar refractivity (Wildman–Crippen MR) is 128 cm³/mol. The van der Waals surface area contributed by atoms with Crippen LogP contribution in [-0.4, -0.2) is 41.0 Å². The predicted octanol–water partition coefficient (Wildman–Crippen LogP) is 3.98. The lowest BCUT2D eigenvalue weighted by molar-refractivity contribution is -0.123. The summed E-state index contributed by atoms with van der Waals surface area (Å²) in [6.45, 7) is 3.88. The highest BCUT2D eigenvalue weighted by atomic mass is 32.2. The van der Waals surface area contributed by atoms with Gasteiger partial charge in [-0.05, 0) is 49.3 Å². The normalized spacial score (nSPS) is 15.9. The number of nitrogens with zero attached hydrogens (tertiary/aromatic N) is 2. The molecule has 1 unspecified atom stereocenters. The molecule has 7 nitrogen and oxygen atoms in total. The van der Waals surface area contributed by atoms with Crippen LogP contribution >= 0.6 is 11.8 Å². The van der Waals surface area contributed by atoms with E-state index in [9.17, 15) is 9.59 Å². The largest absolute Gasteiger partial charge is 0.451 e. The van der Waals surface area contributed by atoms with Crippen LogP contribution in [0.3, 0.4) is 0 Å². The minimum Gasteiger partial charge on any atom is -0.451 e. The number of aryl methyl sites for hydroxylation is 2. The highest BCUT2D eigenvalue weighted by Crippen LogP contribution is 2.27. The quantitative estimate of drug-likeness (QED) is 0.591. The van der Waals surface area contributed by atoms with Gasteiger partial charge in [-0.2, -0.15) is 0 Å². The van der Waals surface area contributed by atoms with Crippen molar-refractivity contribution in [2.45, 2.75) is 26.3 Å². The first-order chi connectivity index (χ1) is 15.5. The van der Waals surface area contributed by atoms with Crippen LogP contribution < -0.4 is 15.5 Å². The van der Waals surface area contributed by atoms with Crippen molar-refractivity contribution >= 4 is 35.0 Å². The number of nitrogens with one attached hydrogen (secondary N) is 2. The number of carbonyl (C=O) groups excluding carboxylic acids is 2. The second-order valence-corrected chi connectivity index (χ2v) is 8.87. The lowest BCUT2D eigenvalue weighted by atomic mass is 10.1. The fourth-order valence-electron chi connectivity index (χ4n) is 3.86. The number of carbonyl (C=O) groups is 2. The van der Waals surface area contributed by atoms with Crippen molar-refractivity contribution in [2.24, 2.45) is 0 Å². The smallest absolute Gasteiger partial charge is 0.244 e. The number of anilines is 2. The number of para-hydroxylation sites is 1. The van der Waals surface area contributed by atoms with Crippen molar-refractivity contribution < 1.29 is 14.0 Å². The van der Waals surface area contributed by atoms with Crippen LogP contribution in [0.2, 0.25) is 0 Å². The van der Waals surface area contributed by atoms with Crippen LogP contribution in [0.25, 0.3) is 11.3 Å². The molecule has 32 heavy (non-hydrogen) atoms. The summed E-state index contributed by atoms with van der Waals surface area (Å²) in [5, 5.41) is 6.19. The molecule has 1 atom stereocenters. The number of hydrogen-bond donors (Lipinski definition) is 2. The van der Waals surface area contributed by atoms with E-state index in [0.717, 1.165) is 46.1 Å². The Balaban J connectivity index is 1.52. The maximum Gasteiger partial charge on any atom is 0.244 e. The number of amides is 2. The lowest BCUT2D eigenvalue weighted by Crippen LogP contribution is -2.51. The van der Waals surface area contributed by atoms with Crippen molar-refractivity contribution in [1.82, 2.24) is 10.3 Å². The third kappa shape index (κ3) is 5.03. The molecule has 1 fully saturated rings. The topological polar surface area (TPSA) is 87.5 Å². The van der Waals surface area contributed by atoms with Gasteiger partial charge < -0.3 is 14.6 Å². The first-order valence-corrected chi connectivity index (χ1v) is 11.7. The maximum absolute atomic E-state index is 13.4. The van der Waals surface area contributed by atoms with E-state index < -0.39 is 0 Å². The summed E-state index contributed by atoms with van der Waals surface area (Å²) >= 11 is 1.77. The molecule has 1 aromatic heterocycles. The number of thioether (sulfide) groups is 1. The van der Waals surface area contributed by atoms with E-state index in [2.05, 4.69) is 15.6 Å². The van der Waals surface area contributed by atoms with Gasteiger partial charge in [-0.25, -0.2) is 4.98 Å². The molecule has 2 amide bonds. The van der Waals surface area contributed by atoms with Crippen molar-refractivity contribution in [2.75, 3.05) is 28.4 Å². The Kier molecular flexibility index (Phi) is 6.92. The van der Waals surface area contributed by atoms with Gasteiger partial charge >= 0.3 is 0 Å². The van der Waals surface area contributed by atoms with Gasteiger partial charge in [0.15, 0.2) is 6.39 Å². The van der Waals surface area contributed by atoms with Crippen molar-refractivity contribution in [3.63, 3.8) is 0 Å². The van der Waals surface area contributed by atoms with Gasteiger partial charge in [0, 0.05) is 17.1 Å². The van der Waals surface area contributed by atoms with E-state index in [0.29, 0.717) is 5.69 Å². The third-order valence-corrected chi connectivity index (χ3v) is 6.35. The molecule has 0 saturated carbocycles. The monoisotopic (exact) mass is 450 g/mol. The molecule has 2 heterocycles. The second-order valence-electron chi connectivity index (χ2n) is 7.76. The lowest BCUT2D eigenvalue weighted by Gasteiger charge is -2.31. The molecule has 0 radical (unpaired) electrons. The second kappa shape index (κ2) is 10.0. The Labute approximate surface area is 191 Å². The number of aromatic nitrogens is 1. The SMILES string of the molecule is Cc1cccc(C)c1N(CC(=O)Nc1ccc(-c2cocn2)cc1)C(=O)C1CCSCN1. The zero-order valence-corrected chi connectivity index (χ0v) is 18.9. The van der Waals surface area contributed by atoms with Crippen molar-refractivity contribution in [3.8, 4) is 11.3 Å². The van der Waals surface area contributed by atoms with Crippen LogP contribution in [0.15, 0.2) is 59.5 Å². The van der Waals surface area contributed by atoms with Crippen molar-refractivity contribution in [1.29, 1.82) is 0 Å². The van der Waals surface area contributed by atoms with Crippen molar-refractivity contribution in [3.05, 3.63) is 66.2 Å². The standard InChI is InChI=1S/C24H26N4O3S/c1-16-4-3-5-17(2)23(16)28(24(30)20-10-11-32-15-26-20)12-22(29)27-19-8-6-18(7-9-19)21-13-31-14-25-21/h3-9,13-14,20,26H,10-12,15H2,1-2H3,(H,27,29). The summed E-state index contributed by atoms with van der Waals surface area (Å²) in [5.41, 5.74) is 5.01. The molecule has 2 aromatic carbocycles. The Hall–Kier alpha value is -3.10. The number of rotatable bonds is 6. The minimum absolute atomic E-state index is 0.0547. The van der Waals surface area contributed by atoms with E-state index in [1.807, 2.05) is 56.3 Å². The molecule has 1 aliphatic rings. The molecular formula is C24H26N4O3S. The van der Waals surface area contributed by atoms with Crippen LogP contribution in [-0.2, 0) is 9.59 Å². The molecule has 1 aliphatic heterocycles. The first-order valence-electron chi connectivity index (χ1n) is 10.5. The number of hydrogen-bond acceptors (Lipinski definition) is 6. The molecule has 2 N–H and O–H groups in total. The Morgan fingerprint density at radius 3 is 2.56 bits per heavy atom. The Morgan fingerprint density at radius 1 is 1.19 bits per heavy atom. The number of oxazole rings is 1. The van der Waals surface area contributed by atoms with Gasteiger partial charge in [0.2, 0.25) is 11.8 Å². The van der Waals surface area contributed by atoms with E-state index in [1.54, 1.807) is 22.9 Å². The molecule has 8 heteroatoms. The van der Waals surface area contributed by atoms with Crippen LogP contribution in [0.1, 0.15) is 17.5 Å². The minimum atomic E-state index is -0.287. The maximum atomic E-state index is 13.4. The summed E-state index contributed by atoms with van der Waals surface area (Å²) in [6.07, 6.45) is 3.69. The van der Waals surface area contributed by atoms with Crippen LogP contribution in [0.4, 0.5) is 11.4 Å². The highest BCUT2D eigenvalue weighted by molar-refractivity contribution is 7.99. The fourth-order valence-corrected chi connectivity index (χ4v) is 4.72. The molecular weight excluding hydrogens is 424 g/mol. The first kappa shape index (κ1) is 22.1. The summed E-state index contributed by atoms with van der Waals surface area (Å²) in [7, 11) is 0. The van der Waals surface area contributed by atoms with Gasteiger partial charge in [-0.1, -0.05) is 30.3 Å². The Bertz CT molecular complexity index is 1060. The third-order valence-electron chi connectivity index (χ3n) is 5.45. The zero-order chi connectivity index (χ0) is 22.5. The molecule has 3 aromatic rings. The summed E-state index contributed by atoms with van der Waals surface area (Å²) < 4.78 is 5.02. The highest BCUT2D eigenvalue weighted by Gasteiger charge is 2.30. The van der Waals surface area contributed by atoms with E-state index in [-0.39, 0.29) is 24.4 Å². The van der Waals surface area contributed by atoms with Gasteiger partial charge in [0.05, 0.1) is 11.7 Å². The van der Waals surface area contributed by atoms with Gasteiger partial charge in [-0.15, -0.1) is 11.8 Å².